The summed E-state index contributed by atoms with van der Waals surface area (Å²) in [5.41, 5.74) is 1.29. The molecule has 1 aliphatic heterocycles. The summed E-state index contributed by atoms with van der Waals surface area (Å²) >= 11 is 5.80. The minimum absolute atomic E-state index is 0.516. The van der Waals surface area contributed by atoms with Gasteiger partial charge in [-0.3, -0.25) is 0 Å². The third-order valence-corrected chi connectivity index (χ3v) is 2.60. The molecule has 1 aliphatic rings. The molecule has 0 radical (unpaired) electrons. The smallest absolute Gasteiger partial charge is 0.106 e. The molecule has 0 unspecified atom stereocenters. The first-order valence-electron chi connectivity index (χ1n) is 4.43. The van der Waals surface area contributed by atoms with Crippen molar-refractivity contribution in [2.75, 3.05) is 6.54 Å². The van der Waals surface area contributed by atoms with Crippen molar-refractivity contribution in [1.29, 1.82) is 0 Å². The van der Waals surface area contributed by atoms with Gasteiger partial charge in [0.1, 0.15) is 5.15 Å². The summed E-state index contributed by atoms with van der Waals surface area (Å²) in [5.74, 6) is 0. The first-order chi connectivity index (χ1) is 5.86. The quantitative estimate of drug-likeness (QED) is 0.690. The highest BCUT2D eigenvalue weighted by molar-refractivity contribution is 6.29. The van der Waals surface area contributed by atoms with E-state index >= 15 is 0 Å². The van der Waals surface area contributed by atoms with E-state index in [1.807, 2.05) is 12.3 Å². The summed E-state index contributed by atoms with van der Waals surface area (Å²) in [6.07, 6.45) is 5.84. The average Bonchev–Trinajstić information content (AvgIpc) is 2.54. The van der Waals surface area contributed by atoms with E-state index in [0.29, 0.717) is 6.04 Å². The lowest BCUT2D eigenvalue weighted by Gasteiger charge is -2.22. The van der Waals surface area contributed by atoms with Crippen molar-refractivity contribution in [2.45, 2.75) is 25.3 Å². The van der Waals surface area contributed by atoms with E-state index in [4.69, 9.17) is 11.6 Å². The van der Waals surface area contributed by atoms with Crippen molar-refractivity contribution in [3.63, 3.8) is 0 Å². The molecule has 1 fully saturated rings. The Labute approximate surface area is 77.3 Å². The molecule has 3 heteroatoms. The van der Waals surface area contributed by atoms with E-state index in [-0.39, 0.29) is 0 Å². The number of hydrogen-bond acceptors (Lipinski definition) is 1. The molecule has 1 aromatic heterocycles. The molecule has 0 aliphatic carbocycles. The van der Waals surface area contributed by atoms with Crippen molar-refractivity contribution in [3.05, 3.63) is 23.0 Å². The molecule has 1 saturated heterocycles. The van der Waals surface area contributed by atoms with Crippen LogP contribution in [0.2, 0.25) is 5.15 Å². The Morgan fingerprint density at radius 1 is 1.42 bits per heavy atom. The monoisotopic (exact) mass is 184 g/mol. The summed E-state index contributed by atoms with van der Waals surface area (Å²) in [4.78, 5) is 2.99. The molecule has 1 aromatic rings. The van der Waals surface area contributed by atoms with Crippen LogP contribution in [0, 0.1) is 0 Å². The number of rotatable bonds is 1. The zero-order valence-corrected chi connectivity index (χ0v) is 7.69. The molecule has 2 rings (SSSR count). The maximum Gasteiger partial charge on any atom is 0.106 e. The van der Waals surface area contributed by atoms with Gasteiger partial charge in [-0.05, 0) is 31.0 Å². The summed E-state index contributed by atoms with van der Waals surface area (Å²) in [6.45, 7) is 1.13. The summed E-state index contributed by atoms with van der Waals surface area (Å²) in [5, 5.41) is 4.20. The fraction of sp³-hybridized carbons (Fsp3) is 0.556. The Balaban J connectivity index is 2.08. The molecule has 0 bridgehead atoms. The number of hydrogen-bond donors (Lipinski definition) is 2. The molecule has 2 N–H and O–H groups in total. The van der Waals surface area contributed by atoms with Crippen LogP contribution in [0.3, 0.4) is 0 Å². The molecule has 0 spiro atoms. The number of nitrogens with one attached hydrogen (secondary N) is 2. The van der Waals surface area contributed by atoms with Crippen molar-refractivity contribution in [3.8, 4) is 0 Å². The fourth-order valence-electron chi connectivity index (χ4n) is 1.72. The maximum absolute atomic E-state index is 5.80. The highest BCUT2D eigenvalue weighted by Gasteiger charge is 2.15. The van der Waals surface area contributed by atoms with Gasteiger partial charge in [0.05, 0.1) is 0 Å². The lowest BCUT2D eigenvalue weighted by atomic mass is 10.0. The SMILES string of the molecule is Clc1cc([C@@H]2CCCCN2)c[nH]1. The average molecular weight is 185 g/mol. The first-order valence-corrected chi connectivity index (χ1v) is 4.81. The van der Waals surface area contributed by atoms with Crippen LogP contribution < -0.4 is 5.32 Å². The summed E-state index contributed by atoms with van der Waals surface area (Å²) in [7, 11) is 0. The van der Waals surface area contributed by atoms with E-state index in [1.165, 1.54) is 24.8 Å². The Bertz CT molecular complexity index is 251. The van der Waals surface area contributed by atoms with Crippen LogP contribution in [0.5, 0.6) is 0 Å². The van der Waals surface area contributed by atoms with Gasteiger partial charge in [0, 0.05) is 12.2 Å². The highest BCUT2D eigenvalue weighted by atomic mass is 35.5. The molecular weight excluding hydrogens is 172 g/mol. The van der Waals surface area contributed by atoms with Crippen molar-refractivity contribution in [1.82, 2.24) is 10.3 Å². The lowest BCUT2D eigenvalue weighted by molar-refractivity contribution is 0.412. The van der Waals surface area contributed by atoms with E-state index in [9.17, 15) is 0 Å². The van der Waals surface area contributed by atoms with Crippen LogP contribution in [0.25, 0.3) is 0 Å². The van der Waals surface area contributed by atoms with Gasteiger partial charge < -0.3 is 10.3 Å². The Morgan fingerprint density at radius 2 is 2.33 bits per heavy atom. The zero-order chi connectivity index (χ0) is 8.39. The fourth-order valence-corrected chi connectivity index (χ4v) is 1.90. The topological polar surface area (TPSA) is 27.8 Å². The second-order valence-corrected chi connectivity index (χ2v) is 3.69. The van der Waals surface area contributed by atoms with Crippen LogP contribution in [0.15, 0.2) is 12.3 Å². The molecule has 1 atom stereocenters. The number of aromatic amines is 1. The summed E-state index contributed by atoms with van der Waals surface area (Å²) < 4.78 is 0. The van der Waals surface area contributed by atoms with Crippen molar-refractivity contribution < 1.29 is 0 Å². The minimum Gasteiger partial charge on any atom is -0.352 e. The standard InChI is InChI=1S/C9H13ClN2/c10-9-5-7(6-12-9)8-3-1-2-4-11-8/h5-6,8,11-12H,1-4H2/t8-/m0/s1. The second kappa shape index (κ2) is 3.50. The van der Waals surface area contributed by atoms with Crippen LogP contribution in [0.4, 0.5) is 0 Å². The molecule has 2 heterocycles. The van der Waals surface area contributed by atoms with Gasteiger partial charge in [-0.2, -0.15) is 0 Å². The summed E-state index contributed by atoms with van der Waals surface area (Å²) in [6, 6.07) is 2.52. The number of H-pyrrole nitrogens is 1. The van der Waals surface area contributed by atoms with Gasteiger partial charge in [-0.25, -0.2) is 0 Å². The molecule has 0 amide bonds. The molecule has 66 valence electrons. The molecule has 0 aromatic carbocycles. The Hall–Kier alpha value is -0.470. The van der Waals surface area contributed by atoms with E-state index in [1.54, 1.807) is 0 Å². The zero-order valence-electron chi connectivity index (χ0n) is 6.94. The van der Waals surface area contributed by atoms with Gasteiger partial charge in [0.25, 0.3) is 0 Å². The van der Waals surface area contributed by atoms with Crippen molar-refractivity contribution in [2.24, 2.45) is 0 Å². The predicted molar refractivity (Wildman–Crippen MR) is 50.4 cm³/mol. The third kappa shape index (κ3) is 1.65. The van der Waals surface area contributed by atoms with Crippen LogP contribution in [-0.4, -0.2) is 11.5 Å². The molecule has 2 nitrogen and oxygen atoms in total. The van der Waals surface area contributed by atoms with E-state index < -0.39 is 0 Å². The number of aromatic nitrogens is 1. The lowest BCUT2D eigenvalue weighted by Crippen LogP contribution is -2.26. The molecular formula is C9H13ClN2. The largest absolute Gasteiger partial charge is 0.352 e. The third-order valence-electron chi connectivity index (χ3n) is 2.38. The normalized spacial score (nSPS) is 24.2. The van der Waals surface area contributed by atoms with Crippen LogP contribution in [-0.2, 0) is 0 Å². The van der Waals surface area contributed by atoms with E-state index in [0.717, 1.165) is 11.7 Å². The second-order valence-electron chi connectivity index (χ2n) is 3.28. The van der Waals surface area contributed by atoms with Crippen LogP contribution in [0.1, 0.15) is 30.9 Å². The van der Waals surface area contributed by atoms with Gasteiger partial charge >= 0.3 is 0 Å². The van der Waals surface area contributed by atoms with Gasteiger partial charge in [0.2, 0.25) is 0 Å². The maximum atomic E-state index is 5.80. The highest BCUT2D eigenvalue weighted by Crippen LogP contribution is 2.24. The van der Waals surface area contributed by atoms with Gasteiger partial charge in [-0.1, -0.05) is 18.0 Å². The predicted octanol–water partition coefficient (Wildman–Crippen LogP) is 2.48. The van der Waals surface area contributed by atoms with Crippen LogP contribution >= 0.6 is 11.6 Å². The van der Waals surface area contributed by atoms with Crippen molar-refractivity contribution >= 4 is 11.6 Å². The number of piperidine rings is 1. The first kappa shape index (κ1) is 8.14. The molecule has 0 saturated carbocycles. The Morgan fingerprint density at radius 3 is 2.92 bits per heavy atom. The van der Waals surface area contributed by atoms with E-state index in [2.05, 4.69) is 10.3 Å². The van der Waals surface area contributed by atoms with Gasteiger partial charge in [0.15, 0.2) is 0 Å². The van der Waals surface area contributed by atoms with Gasteiger partial charge in [-0.15, -0.1) is 0 Å². The molecule has 12 heavy (non-hydrogen) atoms. The number of halogens is 1. The minimum atomic E-state index is 0.516. The Kier molecular flexibility index (Phi) is 2.38.